The van der Waals surface area contributed by atoms with E-state index in [1.165, 1.54) is 0 Å². The second kappa shape index (κ2) is 17.7. The minimum absolute atomic E-state index is 0.315. The molecule has 1 aliphatic rings. The molecule has 1 fully saturated rings. The minimum Gasteiger partial charge on any atom is -0.321 e. The van der Waals surface area contributed by atoms with Crippen LogP contribution in [0.3, 0.4) is 0 Å². The van der Waals surface area contributed by atoms with E-state index in [9.17, 15) is 28.8 Å². The quantitative estimate of drug-likeness (QED) is 0.310. The first kappa shape index (κ1) is 34.2. The van der Waals surface area contributed by atoms with Crippen LogP contribution in [0.15, 0.2) is 0 Å². The zero-order valence-corrected chi connectivity index (χ0v) is 23.1. The Labute approximate surface area is 246 Å². The molecule has 0 aliphatic carbocycles. The third-order valence-electron chi connectivity index (χ3n) is 5.77. The van der Waals surface area contributed by atoms with E-state index in [1.54, 1.807) is 0 Å². The van der Waals surface area contributed by atoms with Crippen molar-refractivity contribution in [3.8, 4) is 74.1 Å². The van der Waals surface area contributed by atoms with Gasteiger partial charge in [0.2, 0.25) is 35.4 Å². The number of amides is 6. The topological polar surface area (TPSA) is 122 Å². The normalized spacial score (nSPS) is 16.4. The van der Waals surface area contributed by atoms with Crippen LogP contribution in [0.5, 0.6) is 0 Å². The van der Waals surface area contributed by atoms with Crippen LogP contribution in [0.25, 0.3) is 0 Å². The Kier molecular flexibility index (Phi) is 14.4. The molecule has 0 saturated carbocycles. The SMILES string of the molecule is C#CCN1CC(=O)N(CC#C)CC(=O)N(CC#C)CC(=O)N(CC#C)CC(=O)N(CC#C)CC(=O)N(CC#C)CC1=O. The fourth-order valence-corrected chi connectivity index (χ4v) is 3.63. The molecule has 1 saturated heterocycles. The number of nitrogens with zero attached hydrogens (tertiary/aromatic N) is 6. The number of rotatable bonds is 6. The number of hydrogen-bond donors (Lipinski definition) is 0. The first-order chi connectivity index (χ1) is 20.1. The Morgan fingerprint density at radius 3 is 0.548 bits per heavy atom. The maximum absolute atomic E-state index is 13.1. The molecule has 1 rings (SSSR count). The van der Waals surface area contributed by atoms with Crippen molar-refractivity contribution in [2.45, 2.75) is 0 Å². The van der Waals surface area contributed by atoms with Crippen molar-refractivity contribution in [2.24, 2.45) is 0 Å². The van der Waals surface area contributed by atoms with Gasteiger partial charge in [-0.3, -0.25) is 28.8 Å². The lowest BCUT2D eigenvalue weighted by atomic mass is 10.3. The molecule has 0 spiro atoms. The number of hydrogen-bond acceptors (Lipinski definition) is 6. The summed E-state index contributed by atoms with van der Waals surface area (Å²) in [6.45, 7) is -5.38. The molecule has 42 heavy (non-hydrogen) atoms. The number of carbonyl (C=O) groups is 6. The summed E-state index contributed by atoms with van der Waals surface area (Å²) in [7, 11) is 0. The average molecular weight is 571 g/mol. The lowest BCUT2D eigenvalue weighted by Gasteiger charge is -2.31. The van der Waals surface area contributed by atoms with Crippen molar-refractivity contribution in [1.29, 1.82) is 0 Å². The Morgan fingerprint density at radius 1 is 0.333 bits per heavy atom. The largest absolute Gasteiger partial charge is 0.321 e. The van der Waals surface area contributed by atoms with Crippen molar-refractivity contribution < 1.29 is 28.8 Å². The Hall–Kier alpha value is -5.82. The molecule has 0 aromatic rings. The monoisotopic (exact) mass is 570 g/mol. The van der Waals surface area contributed by atoms with Crippen molar-refractivity contribution >= 4 is 35.4 Å². The van der Waals surface area contributed by atoms with Crippen LogP contribution in [0.1, 0.15) is 0 Å². The maximum atomic E-state index is 13.1. The van der Waals surface area contributed by atoms with Gasteiger partial charge < -0.3 is 29.4 Å². The van der Waals surface area contributed by atoms with Gasteiger partial charge in [0.15, 0.2) is 0 Å². The molecule has 12 heteroatoms. The highest BCUT2D eigenvalue weighted by molar-refractivity contribution is 5.94. The van der Waals surface area contributed by atoms with Crippen LogP contribution in [0.2, 0.25) is 0 Å². The van der Waals surface area contributed by atoms with Crippen molar-refractivity contribution in [3.05, 3.63) is 0 Å². The maximum Gasteiger partial charge on any atom is 0.243 e. The van der Waals surface area contributed by atoms with E-state index in [2.05, 4.69) is 35.5 Å². The summed E-state index contributed by atoms with van der Waals surface area (Å²) >= 11 is 0. The van der Waals surface area contributed by atoms with Gasteiger partial charge in [0.25, 0.3) is 0 Å². The van der Waals surface area contributed by atoms with Crippen LogP contribution in [-0.4, -0.2) is 143 Å². The molecular weight excluding hydrogens is 540 g/mol. The van der Waals surface area contributed by atoms with Crippen LogP contribution in [0, 0.1) is 74.1 Å². The van der Waals surface area contributed by atoms with Crippen molar-refractivity contribution in [1.82, 2.24) is 29.4 Å². The molecule has 0 aromatic heterocycles. The summed E-state index contributed by atoms with van der Waals surface area (Å²) in [4.78, 5) is 84.8. The third-order valence-corrected chi connectivity index (χ3v) is 5.77. The van der Waals surface area contributed by atoms with Gasteiger partial charge in [-0.1, -0.05) is 35.5 Å². The third kappa shape index (κ3) is 10.4. The molecule has 6 amide bonds. The van der Waals surface area contributed by atoms with E-state index in [1.807, 2.05) is 0 Å². The summed E-state index contributed by atoms with van der Waals surface area (Å²) in [6, 6.07) is 0. The highest BCUT2D eigenvalue weighted by atomic mass is 16.2. The lowest BCUT2D eigenvalue weighted by molar-refractivity contribution is -0.148. The molecule has 12 nitrogen and oxygen atoms in total. The Morgan fingerprint density at radius 2 is 0.452 bits per heavy atom. The standard InChI is InChI=1S/C30H30N6O6/c1-7-13-31-19-26(38)33(15-9-3)21-28(40)35(17-11-5)23-30(42)36(18-12-6)24-29(41)34(16-10-4)22-27(39)32(14-8-2)20-25(31)37/h1-6H,13-24H2. The highest BCUT2D eigenvalue weighted by Gasteiger charge is 2.30. The summed E-state index contributed by atoms with van der Waals surface area (Å²) in [6.07, 6.45) is 32.4. The molecular formula is C30H30N6O6. The number of terminal acetylenes is 6. The summed E-state index contributed by atoms with van der Waals surface area (Å²) in [5.74, 6) is 9.21. The summed E-state index contributed by atoms with van der Waals surface area (Å²) in [5.41, 5.74) is 0. The lowest BCUT2D eigenvalue weighted by Crippen LogP contribution is -2.53. The van der Waals surface area contributed by atoms with Crippen molar-refractivity contribution in [3.63, 3.8) is 0 Å². The second-order valence-electron chi connectivity index (χ2n) is 8.72. The zero-order valence-electron chi connectivity index (χ0n) is 23.1. The first-order valence-corrected chi connectivity index (χ1v) is 12.3. The van der Waals surface area contributed by atoms with E-state index in [4.69, 9.17) is 38.5 Å². The molecule has 0 unspecified atom stereocenters. The molecule has 0 atom stereocenters. The fraction of sp³-hybridized carbons (Fsp3) is 0.400. The smallest absolute Gasteiger partial charge is 0.243 e. The van der Waals surface area contributed by atoms with Gasteiger partial charge in [-0.15, -0.1) is 38.5 Å². The van der Waals surface area contributed by atoms with E-state index in [-0.39, 0.29) is 39.3 Å². The first-order valence-electron chi connectivity index (χ1n) is 12.3. The predicted octanol–water partition coefficient (Wildman–Crippen LogP) is -3.23. The van der Waals surface area contributed by atoms with Gasteiger partial charge in [0.1, 0.15) is 39.3 Å². The van der Waals surface area contributed by atoms with Crippen LogP contribution in [0.4, 0.5) is 0 Å². The van der Waals surface area contributed by atoms with Gasteiger partial charge in [-0.05, 0) is 0 Å². The molecule has 0 N–H and O–H groups in total. The van der Waals surface area contributed by atoms with E-state index < -0.39 is 74.7 Å². The number of carbonyl (C=O) groups excluding carboxylic acids is 6. The fourth-order valence-electron chi connectivity index (χ4n) is 3.63. The van der Waals surface area contributed by atoms with Crippen LogP contribution < -0.4 is 0 Å². The van der Waals surface area contributed by atoms with Crippen molar-refractivity contribution in [2.75, 3.05) is 78.5 Å². The minimum atomic E-state index is -0.729. The average Bonchev–Trinajstić information content (AvgIpc) is 2.94. The van der Waals surface area contributed by atoms with Gasteiger partial charge in [-0.25, -0.2) is 0 Å². The molecule has 1 aliphatic heterocycles. The van der Waals surface area contributed by atoms with E-state index in [0.717, 1.165) is 29.4 Å². The predicted molar refractivity (Wildman–Crippen MR) is 152 cm³/mol. The Balaban J connectivity index is 3.61. The second-order valence-corrected chi connectivity index (χ2v) is 8.72. The van der Waals surface area contributed by atoms with E-state index >= 15 is 0 Å². The van der Waals surface area contributed by atoms with Gasteiger partial charge in [-0.2, -0.15) is 0 Å². The van der Waals surface area contributed by atoms with Crippen LogP contribution in [-0.2, 0) is 28.8 Å². The Bertz CT molecular complexity index is 1060. The molecule has 0 radical (unpaired) electrons. The highest BCUT2D eigenvalue weighted by Crippen LogP contribution is 2.05. The molecule has 1 heterocycles. The molecule has 0 bridgehead atoms. The molecule has 0 aromatic carbocycles. The summed E-state index contributed by atoms with van der Waals surface area (Å²) < 4.78 is 0. The van der Waals surface area contributed by atoms with Crippen LogP contribution >= 0.6 is 0 Å². The van der Waals surface area contributed by atoms with E-state index in [0.29, 0.717) is 0 Å². The summed E-state index contributed by atoms with van der Waals surface area (Å²) in [5, 5.41) is 0. The molecule has 216 valence electrons. The van der Waals surface area contributed by atoms with Gasteiger partial charge in [0.05, 0.1) is 39.3 Å². The zero-order chi connectivity index (χ0) is 31.7. The van der Waals surface area contributed by atoms with Gasteiger partial charge >= 0.3 is 0 Å². The van der Waals surface area contributed by atoms with Gasteiger partial charge in [0, 0.05) is 0 Å².